The van der Waals surface area contributed by atoms with Crippen molar-refractivity contribution in [2.75, 3.05) is 13.1 Å². The summed E-state index contributed by atoms with van der Waals surface area (Å²) < 4.78 is 37.9. The average molecular weight is 344 g/mol. The highest BCUT2D eigenvalue weighted by Gasteiger charge is 2.38. The Bertz CT molecular complexity index is 423. The van der Waals surface area contributed by atoms with E-state index >= 15 is 0 Å². The third-order valence-electron chi connectivity index (χ3n) is 1.87. The molecule has 0 saturated carbocycles. The second kappa shape index (κ2) is 6.66. The number of carbonyl (C=O) groups is 1. The van der Waals surface area contributed by atoms with Crippen molar-refractivity contribution in [3.63, 3.8) is 0 Å². The molecule has 0 aliphatic carbocycles. The average Bonchev–Trinajstić information content (AvgIpc) is 2.25. The van der Waals surface area contributed by atoms with E-state index in [9.17, 15) is 13.2 Å². The summed E-state index contributed by atoms with van der Waals surface area (Å²) >= 11 is 3.20. The quantitative estimate of drug-likeness (QED) is 0.840. The lowest BCUT2D eigenvalue weighted by molar-refractivity contribution is -0.192. The van der Waals surface area contributed by atoms with Crippen molar-refractivity contribution in [3.8, 4) is 5.88 Å². The van der Waals surface area contributed by atoms with Crippen LogP contribution in [-0.2, 0) is 4.79 Å². The van der Waals surface area contributed by atoms with Crippen molar-refractivity contribution in [2.24, 2.45) is 0 Å². The Morgan fingerprint density at radius 2 is 2.00 bits per heavy atom. The first kappa shape index (κ1) is 15.6. The molecule has 1 fully saturated rings. The highest BCUT2D eigenvalue weighted by molar-refractivity contribution is 9.10. The van der Waals surface area contributed by atoms with E-state index in [1.165, 1.54) is 0 Å². The first-order valence-electron chi connectivity index (χ1n) is 4.94. The minimum absolute atomic E-state index is 0.264. The molecule has 2 N–H and O–H groups in total. The fraction of sp³-hybridized carbons (Fsp3) is 0.444. The number of alkyl halides is 3. The van der Waals surface area contributed by atoms with Gasteiger partial charge in [0.1, 0.15) is 10.7 Å². The topological polar surface area (TPSA) is 84.3 Å². The number of aliphatic carboxylic acids is 1. The van der Waals surface area contributed by atoms with Gasteiger partial charge in [0.15, 0.2) is 0 Å². The van der Waals surface area contributed by atoms with E-state index < -0.39 is 12.1 Å². The number of hydrogen-bond acceptors (Lipinski definition) is 5. The van der Waals surface area contributed by atoms with Gasteiger partial charge in [0.05, 0.1) is 12.4 Å². The number of aromatic nitrogens is 2. The third kappa shape index (κ3) is 5.83. The molecule has 0 amide bonds. The zero-order valence-corrected chi connectivity index (χ0v) is 10.9. The molecule has 19 heavy (non-hydrogen) atoms. The molecule has 1 aromatic rings. The van der Waals surface area contributed by atoms with E-state index in [2.05, 4.69) is 31.2 Å². The second-order valence-electron chi connectivity index (χ2n) is 3.38. The highest BCUT2D eigenvalue weighted by Crippen LogP contribution is 2.13. The molecule has 6 nitrogen and oxygen atoms in total. The standard InChI is InChI=1S/C7H8BrN3O.C2HF3O2/c8-6-3-11-7(4-10-6)12-5-1-9-2-5;3-2(4,5)1(6)7/h3-5,9H,1-2H2;(H,6,7). The number of nitrogens with zero attached hydrogens (tertiary/aromatic N) is 2. The van der Waals surface area contributed by atoms with Gasteiger partial charge in [-0.3, -0.25) is 0 Å². The van der Waals surface area contributed by atoms with Crippen molar-refractivity contribution >= 4 is 21.9 Å². The second-order valence-corrected chi connectivity index (χ2v) is 4.19. The molecule has 1 aliphatic rings. The third-order valence-corrected chi connectivity index (χ3v) is 2.28. The molecule has 1 saturated heterocycles. The fourth-order valence-corrected chi connectivity index (χ4v) is 1.08. The van der Waals surface area contributed by atoms with Crippen LogP contribution in [0.15, 0.2) is 17.0 Å². The summed E-state index contributed by atoms with van der Waals surface area (Å²) in [6.45, 7) is 1.80. The largest absolute Gasteiger partial charge is 0.490 e. The van der Waals surface area contributed by atoms with Crippen LogP contribution in [0, 0.1) is 0 Å². The first-order valence-corrected chi connectivity index (χ1v) is 5.73. The molecule has 2 heterocycles. The normalized spacial score (nSPS) is 14.9. The maximum absolute atomic E-state index is 10.6. The number of halogens is 4. The molecule has 106 valence electrons. The number of ether oxygens (including phenoxy) is 1. The van der Waals surface area contributed by atoms with Gasteiger partial charge in [-0.1, -0.05) is 0 Å². The van der Waals surface area contributed by atoms with Crippen LogP contribution in [0.1, 0.15) is 0 Å². The van der Waals surface area contributed by atoms with Gasteiger partial charge in [-0.05, 0) is 15.9 Å². The number of carboxylic acid groups (broad SMARTS) is 1. The lowest BCUT2D eigenvalue weighted by Gasteiger charge is -2.26. The fourth-order valence-electron chi connectivity index (χ4n) is 0.878. The molecule has 0 radical (unpaired) electrons. The van der Waals surface area contributed by atoms with E-state index in [0.29, 0.717) is 5.88 Å². The summed E-state index contributed by atoms with van der Waals surface area (Å²) in [5, 5.41) is 10.2. The van der Waals surface area contributed by atoms with Crippen LogP contribution in [0.5, 0.6) is 5.88 Å². The van der Waals surface area contributed by atoms with Crippen LogP contribution in [0.2, 0.25) is 0 Å². The smallest absolute Gasteiger partial charge is 0.475 e. The van der Waals surface area contributed by atoms with E-state index in [-0.39, 0.29) is 6.10 Å². The van der Waals surface area contributed by atoms with Gasteiger partial charge in [0.2, 0.25) is 5.88 Å². The first-order chi connectivity index (χ1) is 8.79. The maximum atomic E-state index is 10.6. The Morgan fingerprint density at radius 3 is 2.32 bits per heavy atom. The Balaban J connectivity index is 0.000000224. The van der Waals surface area contributed by atoms with Gasteiger partial charge in [-0.2, -0.15) is 13.2 Å². The van der Waals surface area contributed by atoms with Crippen molar-refractivity contribution in [3.05, 3.63) is 17.0 Å². The van der Waals surface area contributed by atoms with Gasteiger partial charge in [-0.25, -0.2) is 14.8 Å². The predicted molar refractivity (Wildman–Crippen MR) is 60.7 cm³/mol. The Kier molecular flexibility index (Phi) is 5.48. The molecule has 10 heteroatoms. The zero-order chi connectivity index (χ0) is 14.5. The van der Waals surface area contributed by atoms with Crippen molar-refractivity contribution in [1.29, 1.82) is 0 Å². The van der Waals surface area contributed by atoms with Crippen LogP contribution >= 0.6 is 15.9 Å². The van der Waals surface area contributed by atoms with Crippen molar-refractivity contribution in [1.82, 2.24) is 15.3 Å². The minimum Gasteiger partial charge on any atom is -0.475 e. The summed E-state index contributed by atoms with van der Waals surface area (Å²) in [4.78, 5) is 16.9. The van der Waals surface area contributed by atoms with Gasteiger partial charge in [-0.15, -0.1) is 0 Å². The summed E-state index contributed by atoms with van der Waals surface area (Å²) in [7, 11) is 0. The molecule has 0 aromatic carbocycles. The van der Waals surface area contributed by atoms with Gasteiger partial charge < -0.3 is 15.2 Å². The minimum atomic E-state index is -5.08. The Labute approximate surface area is 114 Å². The number of nitrogens with one attached hydrogen (secondary N) is 1. The van der Waals surface area contributed by atoms with Gasteiger partial charge in [0.25, 0.3) is 0 Å². The van der Waals surface area contributed by atoms with Crippen molar-refractivity contribution < 1.29 is 27.8 Å². The molecule has 2 rings (SSSR count). The molecular formula is C9H9BrF3N3O3. The zero-order valence-electron chi connectivity index (χ0n) is 9.32. The van der Waals surface area contributed by atoms with Crippen molar-refractivity contribution in [2.45, 2.75) is 12.3 Å². The molecule has 0 atom stereocenters. The number of carboxylic acids is 1. The summed E-state index contributed by atoms with van der Waals surface area (Å²) in [5.74, 6) is -2.17. The summed E-state index contributed by atoms with van der Waals surface area (Å²) in [6.07, 6.45) is -1.58. The van der Waals surface area contributed by atoms with Crippen LogP contribution in [0.3, 0.4) is 0 Å². The summed E-state index contributed by atoms with van der Waals surface area (Å²) in [5.41, 5.74) is 0. The number of hydrogen-bond donors (Lipinski definition) is 2. The Morgan fingerprint density at radius 1 is 1.42 bits per heavy atom. The summed E-state index contributed by atoms with van der Waals surface area (Å²) in [6, 6.07) is 0. The molecular weight excluding hydrogens is 335 g/mol. The monoisotopic (exact) mass is 343 g/mol. The van der Waals surface area contributed by atoms with E-state index in [1.54, 1.807) is 12.4 Å². The maximum Gasteiger partial charge on any atom is 0.490 e. The van der Waals surface area contributed by atoms with Crippen LogP contribution in [0.4, 0.5) is 13.2 Å². The van der Waals surface area contributed by atoms with E-state index in [4.69, 9.17) is 14.6 Å². The lowest BCUT2D eigenvalue weighted by atomic mass is 10.2. The SMILES string of the molecule is Brc1cnc(OC2CNC2)cn1.O=C(O)C(F)(F)F. The van der Waals surface area contributed by atoms with Crippen LogP contribution in [0.25, 0.3) is 0 Å². The van der Waals surface area contributed by atoms with Crippen LogP contribution < -0.4 is 10.1 Å². The van der Waals surface area contributed by atoms with Crippen LogP contribution in [-0.4, -0.2) is 46.4 Å². The van der Waals surface area contributed by atoms with Gasteiger partial charge >= 0.3 is 12.1 Å². The molecule has 1 aromatic heterocycles. The lowest BCUT2D eigenvalue weighted by Crippen LogP contribution is -2.50. The van der Waals surface area contributed by atoms with Gasteiger partial charge in [0, 0.05) is 13.1 Å². The van der Waals surface area contributed by atoms with E-state index in [1.807, 2.05) is 0 Å². The predicted octanol–water partition coefficient (Wildman–Crippen LogP) is 1.22. The van der Waals surface area contributed by atoms with E-state index in [0.717, 1.165) is 17.7 Å². The molecule has 0 bridgehead atoms. The molecule has 0 spiro atoms. The molecule has 1 aliphatic heterocycles. The Hall–Kier alpha value is -1.42. The number of rotatable bonds is 2. The molecule has 0 unspecified atom stereocenters. The highest BCUT2D eigenvalue weighted by atomic mass is 79.9.